The van der Waals surface area contributed by atoms with Crippen molar-refractivity contribution in [3.05, 3.63) is 83.7 Å². The second kappa shape index (κ2) is 11.0. The van der Waals surface area contributed by atoms with Gasteiger partial charge >= 0.3 is 5.97 Å². The van der Waals surface area contributed by atoms with Gasteiger partial charge in [0, 0.05) is 12.4 Å². The summed E-state index contributed by atoms with van der Waals surface area (Å²) in [5.41, 5.74) is 2.81. The first-order valence-corrected chi connectivity index (χ1v) is 11.4. The average Bonchev–Trinajstić information content (AvgIpc) is 2.89. The van der Waals surface area contributed by atoms with Crippen molar-refractivity contribution in [3.63, 3.8) is 0 Å². The van der Waals surface area contributed by atoms with E-state index in [2.05, 4.69) is 4.98 Å². The first-order valence-electron chi connectivity index (χ1n) is 11.4. The van der Waals surface area contributed by atoms with Gasteiger partial charge in [-0.2, -0.15) is 0 Å². The molecule has 0 spiro atoms. The fraction of sp³-hybridized carbons (Fsp3) is 0.333. The van der Waals surface area contributed by atoms with E-state index < -0.39 is 12.0 Å². The largest absolute Gasteiger partial charge is 0.493 e. The lowest BCUT2D eigenvalue weighted by Crippen LogP contribution is -2.46. The third kappa shape index (κ3) is 5.15. The molecule has 1 saturated heterocycles. The predicted octanol–water partition coefficient (Wildman–Crippen LogP) is 4.71. The van der Waals surface area contributed by atoms with E-state index in [1.807, 2.05) is 59.5 Å². The van der Waals surface area contributed by atoms with Crippen LogP contribution in [0.3, 0.4) is 0 Å². The summed E-state index contributed by atoms with van der Waals surface area (Å²) in [4.78, 5) is 18.5. The molecule has 0 radical (unpaired) electrons. The fourth-order valence-corrected chi connectivity index (χ4v) is 4.57. The van der Waals surface area contributed by atoms with Crippen LogP contribution >= 0.6 is 0 Å². The van der Waals surface area contributed by atoms with Gasteiger partial charge in [-0.1, -0.05) is 42.8 Å². The second-order valence-corrected chi connectivity index (χ2v) is 8.31. The van der Waals surface area contributed by atoms with Crippen LogP contribution in [0.4, 0.5) is 0 Å². The molecule has 0 bridgehead atoms. The van der Waals surface area contributed by atoms with Gasteiger partial charge in [0.15, 0.2) is 11.5 Å². The van der Waals surface area contributed by atoms with E-state index in [1.54, 1.807) is 26.6 Å². The number of piperidine rings is 1. The number of benzene rings is 2. The Hall–Kier alpha value is -3.58. The topological polar surface area (TPSA) is 81.1 Å². The second-order valence-electron chi connectivity index (χ2n) is 8.31. The Kier molecular flexibility index (Phi) is 7.65. The molecule has 7 heteroatoms. The van der Waals surface area contributed by atoms with Crippen molar-refractivity contribution in [1.29, 1.82) is 0 Å². The lowest BCUT2D eigenvalue weighted by Gasteiger charge is -2.39. The number of rotatable bonds is 9. The van der Waals surface area contributed by atoms with E-state index in [9.17, 15) is 9.90 Å². The van der Waals surface area contributed by atoms with Crippen LogP contribution in [0.15, 0.2) is 67.0 Å². The third-order valence-electron chi connectivity index (χ3n) is 6.19. The van der Waals surface area contributed by atoms with E-state index in [-0.39, 0.29) is 6.04 Å². The van der Waals surface area contributed by atoms with E-state index in [4.69, 9.17) is 14.2 Å². The first-order chi connectivity index (χ1) is 16.6. The Morgan fingerprint density at radius 2 is 1.79 bits per heavy atom. The van der Waals surface area contributed by atoms with Gasteiger partial charge in [-0.3, -0.25) is 14.7 Å². The number of aromatic nitrogens is 1. The van der Waals surface area contributed by atoms with Gasteiger partial charge < -0.3 is 19.3 Å². The summed E-state index contributed by atoms with van der Waals surface area (Å²) < 4.78 is 17.5. The zero-order valence-electron chi connectivity index (χ0n) is 19.5. The van der Waals surface area contributed by atoms with Gasteiger partial charge in [-0.05, 0) is 54.3 Å². The summed E-state index contributed by atoms with van der Waals surface area (Å²) in [6.07, 6.45) is 5.95. The van der Waals surface area contributed by atoms with Crippen molar-refractivity contribution in [2.24, 2.45) is 0 Å². The molecule has 1 aliphatic heterocycles. The molecule has 4 rings (SSSR count). The molecule has 0 saturated carbocycles. The molecular weight excluding hydrogens is 432 g/mol. The van der Waals surface area contributed by atoms with E-state index in [0.29, 0.717) is 36.8 Å². The molecule has 0 amide bonds. The number of hydrogen-bond donors (Lipinski definition) is 1. The molecule has 1 aliphatic rings. The molecular formula is C27H30N2O5. The van der Waals surface area contributed by atoms with Gasteiger partial charge in [0.05, 0.1) is 20.3 Å². The summed E-state index contributed by atoms with van der Waals surface area (Å²) in [6, 6.07) is 16.6. The number of likely N-dealkylation sites (tertiary alicyclic amines) is 1. The highest BCUT2D eigenvalue weighted by atomic mass is 16.5. The van der Waals surface area contributed by atoms with Crippen LogP contribution in [0.25, 0.3) is 0 Å². The highest BCUT2D eigenvalue weighted by Gasteiger charge is 2.36. The van der Waals surface area contributed by atoms with Crippen LogP contribution in [-0.4, -0.2) is 47.8 Å². The maximum Gasteiger partial charge on any atom is 0.320 e. The predicted molar refractivity (Wildman–Crippen MR) is 128 cm³/mol. The normalized spacial score (nSPS) is 17.1. The number of methoxy groups -OCH3 is 2. The van der Waals surface area contributed by atoms with E-state index in [1.165, 1.54) is 0 Å². The van der Waals surface area contributed by atoms with Crippen molar-refractivity contribution in [2.75, 3.05) is 20.8 Å². The van der Waals surface area contributed by atoms with Crippen molar-refractivity contribution >= 4 is 5.97 Å². The summed E-state index contributed by atoms with van der Waals surface area (Å²) in [6.45, 7) is 1.04. The smallest absolute Gasteiger partial charge is 0.320 e. The summed E-state index contributed by atoms with van der Waals surface area (Å²) in [5, 5.41) is 9.95. The summed E-state index contributed by atoms with van der Waals surface area (Å²) in [5.74, 6) is 0.761. The van der Waals surface area contributed by atoms with Crippen molar-refractivity contribution in [1.82, 2.24) is 9.88 Å². The van der Waals surface area contributed by atoms with Crippen molar-refractivity contribution < 1.29 is 24.1 Å². The molecule has 3 aromatic rings. The van der Waals surface area contributed by atoms with Crippen molar-refractivity contribution in [3.8, 4) is 17.2 Å². The van der Waals surface area contributed by atoms with E-state index in [0.717, 1.165) is 29.5 Å². The number of carboxylic acid groups (broad SMARTS) is 1. The monoisotopic (exact) mass is 462 g/mol. The Bertz CT molecular complexity index is 1070. The number of carbonyl (C=O) groups is 1. The van der Waals surface area contributed by atoms with Gasteiger partial charge in [0.25, 0.3) is 0 Å². The van der Waals surface area contributed by atoms with Crippen LogP contribution in [0.5, 0.6) is 17.2 Å². The highest BCUT2D eigenvalue weighted by molar-refractivity contribution is 5.74. The molecule has 7 nitrogen and oxygen atoms in total. The lowest BCUT2D eigenvalue weighted by atomic mass is 9.92. The number of hydrogen-bond acceptors (Lipinski definition) is 6. The minimum Gasteiger partial charge on any atom is -0.493 e. The molecule has 2 atom stereocenters. The zero-order valence-corrected chi connectivity index (χ0v) is 19.5. The van der Waals surface area contributed by atoms with Crippen LogP contribution in [0, 0.1) is 0 Å². The minimum absolute atomic E-state index is 0.318. The van der Waals surface area contributed by atoms with Crippen LogP contribution in [0.1, 0.15) is 42.0 Å². The third-order valence-corrected chi connectivity index (χ3v) is 6.19. The number of carboxylic acids is 1. The van der Waals surface area contributed by atoms with Gasteiger partial charge in [0.2, 0.25) is 5.75 Å². The lowest BCUT2D eigenvalue weighted by molar-refractivity contribution is -0.145. The molecule has 2 heterocycles. The van der Waals surface area contributed by atoms with Crippen LogP contribution in [0.2, 0.25) is 0 Å². The number of pyridine rings is 1. The first kappa shape index (κ1) is 23.6. The molecule has 1 N–H and O–H groups in total. The molecule has 2 unspecified atom stereocenters. The van der Waals surface area contributed by atoms with Crippen LogP contribution < -0.4 is 14.2 Å². The fourth-order valence-electron chi connectivity index (χ4n) is 4.57. The molecule has 1 aromatic heterocycles. The quantitative estimate of drug-likeness (QED) is 0.493. The number of nitrogens with zero attached hydrogens (tertiary/aromatic N) is 2. The SMILES string of the molecule is COc1cc(C(c2cccnc2)N2CCCCC2C(=O)O)cc(OC)c1OCc1ccccc1. The van der Waals surface area contributed by atoms with Gasteiger partial charge in [0.1, 0.15) is 12.6 Å². The average molecular weight is 463 g/mol. The zero-order chi connectivity index (χ0) is 23.9. The summed E-state index contributed by atoms with van der Waals surface area (Å²) in [7, 11) is 3.18. The molecule has 1 fully saturated rings. The maximum atomic E-state index is 12.1. The molecule has 178 valence electrons. The van der Waals surface area contributed by atoms with Crippen molar-refractivity contribution in [2.45, 2.75) is 38.0 Å². The highest BCUT2D eigenvalue weighted by Crippen LogP contribution is 2.44. The Balaban J connectivity index is 1.76. The van der Waals surface area contributed by atoms with E-state index >= 15 is 0 Å². The Morgan fingerprint density at radius 1 is 1.06 bits per heavy atom. The minimum atomic E-state index is -0.810. The Morgan fingerprint density at radius 3 is 2.41 bits per heavy atom. The molecule has 0 aliphatic carbocycles. The maximum absolute atomic E-state index is 12.1. The molecule has 2 aromatic carbocycles. The van der Waals surface area contributed by atoms with Gasteiger partial charge in [-0.25, -0.2) is 0 Å². The number of ether oxygens (including phenoxy) is 3. The standard InChI is InChI=1S/C27H30N2O5/c1-32-23-15-21(16-24(33-2)26(23)34-18-19-9-4-3-5-10-19)25(20-11-8-13-28-17-20)29-14-7-6-12-22(29)27(30)31/h3-5,8-11,13,15-17,22,25H,6-7,12,14,18H2,1-2H3,(H,30,31). The van der Waals surface area contributed by atoms with Gasteiger partial charge in [-0.15, -0.1) is 0 Å². The van der Waals surface area contributed by atoms with Crippen LogP contribution in [-0.2, 0) is 11.4 Å². The molecule has 34 heavy (non-hydrogen) atoms. The Labute approximate surface area is 199 Å². The number of aliphatic carboxylic acids is 1. The summed E-state index contributed by atoms with van der Waals surface area (Å²) >= 11 is 0.